The molecule has 12 nitrogen and oxygen atoms in total. The lowest BCUT2D eigenvalue weighted by Gasteiger charge is -2.17. The van der Waals surface area contributed by atoms with Crippen LogP contribution >= 0.6 is 0 Å². The van der Waals surface area contributed by atoms with Crippen LogP contribution in [0.15, 0.2) is 36.4 Å². The van der Waals surface area contributed by atoms with Crippen LogP contribution in [0.3, 0.4) is 0 Å². The third-order valence-electron chi connectivity index (χ3n) is 21.7. The van der Waals surface area contributed by atoms with E-state index in [0.717, 1.165) is 145 Å². The molecule has 570 valence electrons. The smallest absolute Gasteiger partial charge is 0.120 e. The molecule has 0 aliphatic carbocycles. The first-order valence-corrected chi connectivity index (χ1v) is 44.0. The normalized spacial score (nSPS) is 11.8. The summed E-state index contributed by atoms with van der Waals surface area (Å²) in [7, 11) is 0. The molecule has 0 radical (unpaired) electrons. The lowest BCUT2D eigenvalue weighted by molar-refractivity contribution is 0.569. The van der Waals surface area contributed by atoms with Crippen molar-refractivity contribution in [2.24, 2.45) is 0 Å². The van der Waals surface area contributed by atoms with Crippen LogP contribution in [-0.4, -0.2) is 69.2 Å². The number of hydrogen-bond donors (Lipinski definition) is 6. The van der Waals surface area contributed by atoms with E-state index in [4.69, 9.17) is 29.9 Å². The van der Waals surface area contributed by atoms with Crippen molar-refractivity contribution in [3.8, 4) is 0 Å². The summed E-state index contributed by atoms with van der Waals surface area (Å²) in [4.78, 5) is 34.1. The van der Waals surface area contributed by atoms with Gasteiger partial charge >= 0.3 is 0 Å². The first-order chi connectivity index (χ1) is 50.5. The number of anilines is 6. The van der Waals surface area contributed by atoms with Crippen molar-refractivity contribution in [1.29, 1.82) is 0 Å². The number of hydrogen-bond acceptors (Lipinski definition) is 12. The zero-order valence-corrected chi connectivity index (χ0v) is 66.6. The van der Waals surface area contributed by atoms with E-state index in [2.05, 4.69) is 110 Å². The highest BCUT2D eigenvalue weighted by Crippen LogP contribution is 2.38. The van der Waals surface area contributed by atoms with Gasteiger partial charge in [-0.15, -0.1) is 0 Å². The molecule has 0 aliphatic rings. The number of nitrogens with one attached hydrogen (secondary N) is 6. The molecule has 0 saturated carbocycles. The maximum atomic E-state index is 5.68. The van der Waals surface area contributed by atoms with Gasteiger partial charge in [0.05, 0.1) is 67.2 Å². The van der Waals surface area contributed by atoms with Crippen molar-refractivity contribution in [2.45, 2.75) is 388 Å². The van der Waals surface area contributed by atoms with E-state index in [-0.39, 0.29) is 0 Å². The van der Waals surface area contributed by atoms with Crippen LogP contribution in [0.1, 0.15) is 388 Å². The number of nitrogens with zero attached hydrogens (tertiary/aromatic N) is 6. The molecule has 102 heavy (non-hydrogen) atoms. The van der Waals surface area contributed by atoms with Gasteiger partial charge in [0.2, 0.25) is 0 Å². The Balaban J connectivity index is 1.28. The predicted molar refractivity (Wildman–Crippen MR) is 453 cm³/mol. The number of benzene rings is 4. The van der Waals surface area contributed by atoms with E-state index < -0.39 is 0 Å². The van der Waals surface area contributed by atoms with E-state index >= 15 is 0 Å². The molecular weight excluding hydrogens is 1250 g/mol. The van der Waals surface area contributed by atoms with E-state index in [1.54, 1.807) is 0 Å². The Labute approximate surface area is 622 Å². The van der Waals surface area contributed by atoms with E-state index in [0.29, 0.717) is 33.1 Å². The standard InChI is InChI=1S/C90H150N12/c1-7-13-19-25-31-37-43-49-55-61-91-73-67-79-80(68-74(73)92-62-56-50-44-38-32-26-20-14-8-2)98-86-85(97-79)87-89(101-82-70-76(94-64-58-52-46-40-34-28-22-16-10-4)75(69-81(82)99-87)93-63-57-51-45-39-33-27-21-15-9-3)90-88(86)100-83-71-77(95-65-59-53-47-41-35-29-23-17-11-5)78(72-84(83)102-90)96-66-60-54-48-42-36-30-24-18-12-6/h67-72,91-96H,7-66H2,1-6H3. The fraction of sp³-hybridized carbons (Fsp3) is 0.733. The average Bonchev–Trinajstić information content (AvgIpc) is 0.718. The fourth-order valence-electron chi connectivity index (χ4n) is 15.1. The Bertz CT molecular complexity index is 2730. The van der Waals surface area contributed by atoms with Gasteiger partial charge in [0.25, 0.3) is 0 Å². The van der Waals surface area contributed by atoms with Gasteiger partial charge in [0, 0.05) is 39.3 Å². The molecule has 0 aliphatic heterocycles. The van der Waals surface area contributed by atoms with Crippen molar-refractivity contribution in [3.63, 3.8) is 0 Å². The van der Waals surface area contributed by atoms with Gasteiger partial charge in [-0.05, 0) is 74.9 Å². The first-order valence-electron chi connectivity index (χ1n) is 44.0. The molecule has 7 aromatic rings. The van der Waals surface area contributed by atoms with Crippen LogP contribution in [0.2, 0.25) is 0 Å². The Morgan fingerprint density at radius 3 is 0.382 bits per heavy atom. The van der Waals surface area contributed by atoms with E-state index in [1.165, 1.54) is 308 Å². The SMILES string of the molecule is CCCCCCCCCCCNc1cc2nc3c4nc5cc(NCCCCCCCCCCC)c(NCCCCCCCCCCC)cc5nc4c4nc5cc(NCCCCCCCCCCC)c(NCCCCCCCCCCC)cc5nc4c3nc2cc1NCCCCCCCCCCC. The summed E-state index contributed by atoms with van der Waals surface area (Å²) in [6.45, 7) is 19.3. The quantitative estimate of drug-likeness (QED) is 0.0122. The molecule has 0 amide bonds. The zero-order valence-electron chi connectivity index (χ0n) is 66.6. The van der Waals surface area contributed by atoms with Gasteiger partial charge in [-0.3, -0.25) is 0 Å². The fourth-order valence-corrected chi connectivity index (χ4v) is 15.1. The van der Waals surface area contributed by atoms with Crippen molar-refractivity contribution >= 4 is 100 Å². The molecule has 3 aromatic heterocycles. The molecule has 6 N–H and O–H groups in total. The minimum Gasteiger partial charge on any atom is -0.383 e. The van der Waals surface area contributed by atoms with E-state index in [1.807, 2.05) is 0 Å². The summed E-state index contributed by atoms with van der Waals surface area (Å²) in [5.41, 5.74) is 15.9. The first kappa shape index (κ1) is 83.7. The third-order valence-corrected chi connectivity index (χ3v) is 21.7. The highest BCUT2D eigenvalue weighted by Gasteiger charge is 2.22. The lowest BCUT2D eigenvalue weighted by atomic mass is 10.1. The molecule has 0 spiro atoms. The summed E-state index contributed by atoms with van der Waals surface area (Å²) < 4.78 is 0. The minimum absolute atomic E-state index is 0.716. The van der Waals surface area contributed by atoms with Gasteiger partial charge in [0.15, 0.2) is 0 Å². The minimum atomic E-state index is 0.716. The topological polar surface area (TPSA) is 150 Å². The van der Waals surface area contributed by atoms with Gasteiger partial charge in [-0.2, -0.15) is 0 Å². The van der Waals surface area contributed by atoms with Crippen molar-refractivity contribution in [3.05, 3.63) is 36.4 Å². The monoisotopic (exact) mass is 1400 g/mol. The van der Waals surface area contributed by atoms with Crippen LogP contribution < -0.4 is 31.9 Å². The summed E-state index contributed by atoms with van der Waals surface area (Å²) in [5, 5.41) is 23.6. The van der Waals surface area contributed by atoms with Gasteiger partial charge in [-0.25, -0.2) is 29.9 Å². The molecule has 0 atom stereocenters. The third kappa shape index (κ3) is 31.3. The molecule has 0 saturated heterocycles. The van der Waals surface area contributed by atoms with E-state index in [9.17, 15) is 0 Å². The Morgan fingerprint density at radius 2 is 0.265 bits per heavy atom. The zero-order chi connectivity index (χ0) is 71.5. The summed E-state index contributed by atoms with van der Waals surface area (Å²) in [6, 6.07) is 13.5. The second-order valence-electron chi connectivity index (χ2n) is 31.0. The van der Waals surface area contributed by atoms with Crippen molar-refractivity contribution in [2.75, 3.05) is 71.2 Å². The largest absolute Gasteiger partial charge is 0.383 e. The summed E-state index contributed by atoms with van der Waals surface area (Å²) in [5.74, 6) is 0. The predicted octanol–water partition coefficient (Wildman–Crippen LogP) is 28.6. The number of unbranched alkanes of at least 4 members (excludes halogenated alkanes) is 48. The second kappa shape index (κ2) is 53.3. The number of aromatic nitrogens is 6. The average molecular weight is 1400 g/mol. The van der Waals surface area contributed by atoms with Crippen LogP contribution in [-0.2, 0) is 0 Å². The van der Waals surface area contributed by atoms with Crippen LogP contribution in [0.5, 0.6) is 0 Å². The summed E-state index contributed by atoms with van der Waals surface area (Å²) in [6.07, 6.45) is 70.6. The Hall–Kier alpha value is -5.52. The second-order valence-corrected chi connectivity index (χ2v) is 31.0. The maximum absolute atomic E-state index is 5.68. The van der Waals surface area contributed by atoms with Crippen LogP contribution in [0.4, 0.5) is 34.1 Å². The summed E-state index contributed by atoms with van der Waals surface area (Å²) >= 11 is 0. The Kier molecular flexibility index (Phi) is 43.7. The highest BCUT2D eigenvalue weighted by atomic mass is 15.0. The van der Waals surface area contributed by atoms with Crippen LogP contribution in [0, 0.1) is 0 Å². The molecule has 7 rings (SSSR count). The maximum Gasteiger partial charge on any atom is 0.120 e. The molecule has 4 aromatic carbocycles. The van der Waals surface area contributed by atoms with Crippen LogP contribution in [0.25, 0.3) is 66.2 Å². The molecule has 0 unspecified atom stereocenters. The molecule has 0 bridgehead atoms. The van der Waals surface area contributed by atoms with Crippen molar-refractivity contribution in [1.82, 2.24) is 29.9 Å². The lowest BCUT2D eigenvalue weighted by Crippen LogP contribution is -2.09. The molecule has 12 heteroatoms. The molecule has 0 fully saturated rings. The molecular formula is C90H150N12. The highest BCUT2D eigenvalue weighted by molar-refractivity contribution is 6.21. The van der Waals surface area contributed by atoms with Gasteiger partial charge in [0.1, 0.15) is 33.1 Å². The van der Waals surface area contributed by atoms with Gasteiger partial charge in [-0.1, -0.05) is 350 Å². The number of fused-ring (bicyclic) bond motifs is 9. The Morgan fingerprint density at radius 1 is 0.157 bits per heavy atom. The van der Waals surface area contributed by atoms with Crippen molar-refractivity contribution < 1.29 is 0 Å². The van der Waals surface area contributed by atoms with Gasteiger partial charge < -0.3 is 31.9 Å². The molecule has 3 heterocycles. The number of rotatable bonds is 66.